The standard InChI is InChI=1S/C13H19N3O/c17-8-10-4-3-7-16(10)13-11-5-1-2-6-12(11)14-9-15-13/h9-10,17H,1-8H2. The van der Waals surface area contributed by atoms with Crippen LogP contribution in [0.4, 0.5) is 5.82 Å². The van der Waals surface area contributed by atoms with Crippen molar-refractivity contribution < 1.29 is 5.11 Å². The molecule has 1 aliphatic carbocycles. The first-order valence-electron chi connectivity index (χ1n) is 6.60. The van der Waals surface area contributed by atoms with E-state index in [9.17, 15) is 5.11 Å². The van der Waals surface area contributed by atoms with E-state index in [4.69, 9.17) is 0 Å². The lowest BCUT2D eigenvalue weighted by Crippen LogP contribution is -2.34. The molecule has 0 spiro atoms. The lowest BCUT2D eigenvalue weighted by Gasteiger charge is -2.28. The van der Waals surface area contributed by atoms with Crippen molar-refractivity contribution in [1.29, 1.82) is 0 Å². The lowest BCUT2D eigenvalue weighted by molar-refractivity contribution is 0.266. The van der Waals surface area contributed by atoms with Gasteiger partial charge in [-0.05, 0) is 38.5 Å². The van der Waals surface area contributed by atoms with Crippen LogP contribution in [0.25, 0.3) is 0 Å². The number of hydrogen-bond donors (Lipinski definition) is 1. The van der Waals surface area contributed by atoms with E-state index in [1.807, 2.05) is 0 Å². The third-order valence-corrected chi connectivity index (χ3v) is 3.96. The van der Waals surface area contributed by atoms with Crippen LogP contribution in [0.2, 0.25) is 0 Å². The van der Waals surface area contributed by atoms with Crippen LogP contribution in [0.5, 0.6) is 0 Å². The van der Waals surface area contributed by atoms with Crippen molar-refractivity contribution in [2.24, 2.45) is 0 Å². The smallest absolute Gasteiger partial charge is 0.135 e. The second-order valence-corrected chi connectivity index (χ2v) is 5.00. The molecule has 2 heterocycles. The summed E-state index contributed by atoms with van der Waals surface area (Å²) < 4.78 is 0. The molecule has 4 nitrogen and oxygen atoms in total. The minimum absolute atomic E-state index is 0.235. The first-order chi connectivity index (χ1) is 8.40. The molecule has 1 aliphatic heterocycles. The number of aliphatic hydroxyl groups is 1. The van der Waals surface area contributed by atoms with E-state index in [-0.39, 0.29) is 12.6 Å². The van der Waals surface area contributed by atoms with E-state index in [1.165, 1.54) is 24.1 Å². The van der Waals surface area contributed by atoms with E-state index in [1.54, 1.807) is 6.33 Å². The van der Waals surface area contributed by atoms with Crippen LogP contribution >= 0.6 is 0 Å². The normalized spacial score (nSPS) is 23.8. The van der Waals surface area contributed by atoms with Crippen molar-refractivity contribution in [1.82, 2.24) is 9.97 Å². The maximum absolute atomic E-state index is 9.42. The van der Waals surface area contributed by atoms with E-state index in [2.05, 4.69) is 14.9 Å². The topological polar surface area (TPSA) is 49.2 Å². The van der Waals surface area contributed by atoms with Gasteiger partial charge in [-0.1, -0.05) is 0 Å². The fourth-order valence-corrected chi connectivity index (χ4v) is 3.06. The Hall–Kier alpha value is -1.16. The summed E-state index contributed by atoms with van der Waals surface area (Å²) in [6.07, 6.45) is 8.59. The van der Waals surface area contributed by atoms with Gasteiger partial charge in [-0.2, -0.15) is 0 Å². The van der Waals surface area contributed by atoms with E-state index >= 15 is 0 Å². The Kier molecular flexibility index (Phi) is 2.97. The number of rotatable bonds is 2. The average molecular weight is 233 g/mol. The Morgan fingerprint density at radius 1 is 1.24 bits per heavy atom. The van der Waals surface area contributed by atoms with Crippen LogP contribution in [-0.4, -0.2) is 34.3 Å². The molecular weight excluding hydrogens is 214 g/mol. The molecule has 0 radical (unpaired) electrons. The molecule has 1 unspecified atom stereocenters. The molecule has 2 aliphatic rings. The Morgan fingerprint density at radius 3 is 3.00 bits per heavy atom. The van der Waals surface area contributed by atoms with Crippen molar-refractivity contribution in [3.63, 3.8) is 0 Å². The van der Waals surface area contributed by atoms with Crippen LogP contribution in [-0.2, 0) is 12.8 Å². The first kappa shape index (κ1) is 11.0. The van der Waals surface area contributed by atoms with Gasteiger partial charge in [0.1, 0.15) is 12.1 Å². The predicted molar refractivity (Wildman–Crippen MR) is 66.1 cm³/mol. The maximum atomic E-state index is 9.42. The third-order valence-electron chi connectivity index (χ3n) is 3.96. The predicted octanol–water partition coefficient (Wildman–Crippen LogP) is 1.32. The number of aliphatic hydroxyl groups excluding tert-OH is 1. The van der Waals surface area contributed by atoms with Gasteiger partial charge in [0, 0.05) is 17.8 Å². The molecule has 1 N–H and O–H groups in total. The quantitative estimate of drug-likeness (QED) is 0.837. The van der Waals surface area contributed by atoms with Crippen molar-refractivity contribution >= 4 is 5.82 Å². The second kappa shape index (κ2) is 4.61. The number of aryl methyl sites for hydroxylation is 1. The van der Waals surface area contributed by atoms with Gasteiger partial charge in [0.2, 0.25) is 0 Å². The number of aromatic nitrogens is 2. The molecule has 3 rings (SSSR count). The molecule has 4 heteroatoms. The van der Waals surface area contributed by atoms with E-state index < -0.39 is 0 Å². The Labute approximate surface area is 102 Å². The zero-order valence-electron chi connectivity index (χ0n) is 10.1. The number of nitrogens with zero attached hydrogens (tertiary/aromatic N) is 3. The summed E-state index contributed by atoms with van der Waals surface area (Å²) in [5, 5.41) is 9.42. The van der Waals surface area contributed by atoms with Gasteiger partial charge in [-0.3, -0.25) is 0 Å². The summed E-state index contributed by atoms with van der Waals surface area (Å²) >= 11 is 0. The molecule has 1 fully saturated rings. The molecule has 0 aromatic carbocycles. The zero-order chi connectivity index (χ0) is 11.7. The molecule has 0 amide bonds. The summed E-state index contributed by atoms with van der Waals surface area (Å²) in [5.74, 6) is 1.09. The molecule has 1 saturated heterocycles. The van der Waals surface area contributed by atoms with Crippen molar-refractivity contribution in [2.45, 2.75) is 44.6 Å². The Balaban J connectivity index is 1.97. The monoisotopic (exact) mass is 233 g/mol. The summed E-state index contributed by atoms with van der Waals surface area (Å²) in [4.78, 5) is 11.2. The van der Waals surface area contributed by atoms with Gasteiger partial charge in [-0.15, -0.1) is 0 Å². The number of fused-ring (bicyclic) bond motifs is 1. The zero-order valence-corrected chi connectivity index (χ0v) is 10.1. The summed E-state index contributed by atoms with van der Waals surface area (Å²) in [6.45, 7) is 1.26. The van der Waals surface area contributed by atoms with Crippen molar-refractivity contribution in [2.75, 3.05) is 18.1 Å². The Morgan fingerprint density at radius 2 is 2.12 bits per heavy atom. The summed E-state index contributed by atoms with van der Waals surface area (Å²) in [6, 6.07) is 0.260. The molecule has 1 atom stereocenters. The average Bonchev–Trinajstić information content (AvgIpc) is 2.86. The summed E-state index contributed by atoms with van der Waals surface area (Å²) in [7, 11) is 0. The molecule has 1 aromatic rings. The highest BCUT2D eigenvalue weighted by molar-refractivity contribution is 5.51. The van der Waals surface area contributed by atoms with Gasteiger partial charge in [-0.25, -0.2) is 9.97 Å². The highest BCUT2D eigenvalue weighted by Crippen LogP contribution is 2.31. The lowest BCUT2D eigenvalue weighted by atomic mass is 9.96. The van der Waals surface area contributed by atoms with Gasteiger partial charge in [0.25, 0.3) is 0 Å². The third kappa shape index (κ3) is 1.90. The molecule has 17 heavy (non-hydrogen) atoms. The van der Waals surface area contributed by atoms with Crippen LogP contribution in [0.3, 0.4) is 0 Å². The molecule has 0 saturated carbocycles. The Bertz CT molecular complexity index is 408. The van der Waals surface area contributed by atoms with Gasteiger partial charge >= 0.3 is 0 Å². The molecule has 1 aromatic heterocycles. The SMILES string of the molecule is OCC1CCCN1c1ncnc2c1CCCC2. The fourth-order valence-electron chi connectivity index (χ4n) is 3.06. The van der Waals surface area contributed by atoms with Crippen molar-refractivity contribution in [3.05, 3.63) is 17.6 Å². The molecular formula is C13H19N3O. The van der Waals surface area contributed by atoms with Gasteiger partial charge < -0.3 is 10.0 Å². The van der Waals surface area contributed by atoms with E-state index in [0.29, 0.717) is 0 Å². The number of anilines is 1. The van der Waals surface area contributed by atoms with Crippen LogP contribution < -0.4 is 4.90 Å². The van der Waals surface area contributed by atoms with Gasteiger partial charge in [0.15, 0.2) is 0 Å². The largest absolute Gasteiger partial charge is 0.394 e. The summed E-state index contributed by atoms with van der Waals surface area (Å²) in [5.41, 5.74) is 2.56. The highest BCUT2D eigenvalue weighted by Gasteiger charge is 2.28. The first-order valence-corrected chi connectivity index (χ1v) is 6.60. The van der Waals surface area contributed by atoms with Gasteiger partial charge in [0.05, 0.1) is 12.6 Å². The van der Waals surface area contributed by atoms with Crippen LogP contribution in [0, 0.1) is 0 Å². The minimum atomic E-state index is 0.235. The molecule has 92 valence electrons. The van der Waals surface area contributed by atoms with Crippen molar-refractivity contribution in [3.8, 4) is 0 Å². The highest BCUT2D eigenvalue weighted by atomic mass is 16.3. The van der Waals surface area contributed by atoms with Crippen LogP contribution in [0.15, 0.2) is 6.33 Å². The maximum Gasteiger partial charge on any atom is 0.135 e. The van der Waals surface area contributed by atoms with Crippen LogP contribution in [0.1, 0.15) is 36.9 Å². The second-order valence-electron chi connectivity index (χ2n) is 5.00. The minimum Gasteiger partial charge on any atom is -0.394 e. The molecule has 0 bridgehead atoms. The van der Waals surface area contributed by atoms with E-state index in [0.717, 1.165) is 38.0 Å². The fraction of sp³-hybridized carbons (Fsp3) is 0.692. The number of hydrogen-bond acceptors (Lipinski definition) is 4.